The van der Waals surface area contributed by atoms with E-state index in [4.69, 9.17) is 15.9 Å². The van der Waals surface area contributed by atoms with Gasteiger partial charge in [-0.05, 0) is 44.9 Å². The van der Waals surface area contributed by atoms with Crippen molar-refractivity contribution in [1.82, 2.24) is 5.32 Å². The number of carbonyl (C=O) groups is 2. The summed E-state index contributed by atoms with van der Waals surface area (Å²) < 4.78 is 0. The van der Waals surface area contributed by atoms with Crippen molar-refractivity contribution >= 4 is 11.9 Å². The van der Waals surface area contributed by atoms with Crippen LogP contribution in [0.25, 0.3) is 0 Å². The zero-order valence-corrected chi connectivity index (χ0v) is 18.4. The molecule has 0 saturated carbocycles. The number of aliphatic hydroxyl groups is 1. The number of unbranched alkanes of at least 4 members (excludes halogenated alkanes) is 11. The van der Waals surface area contributed by atoms with Crippen LogP contribution in [0.4, 0.5) is 0 Å². The molecule has 0 heterocycles. The summed E-state index contributed by atoms with van der Waals surface area (Å²) in [6, 6.07) is -0.983. The third kappa shape index (κ3) is 19.7. The van der Waals surface area contributed by atoms with E-state index in [1.807, 2.05) is 0 Å². The highest BCUT2D eigenvalue weighted by Crippen LogP contribution is 2.10. The van der Waals surface area contributed by atoms with Crippen molar-refractivity contribution < 1.29 is 19.8 Å². The maximum atomic E-state index is 11.9. The molecule has 0 aromatic heterocycles. The van der Waals surface area contributed by atoms with Gasteiger partial charge in [-0.25, -0.2) is 4.79 Å². The second-order valence-electron chi connectivity index (χ2n) is 7.94. The van der Waals surface area contributed by atoms with Gasteiger partial charge in [0.2, 0.25) is 5.91 Å². The average molecular weight is 413 g/mol. The third-order valence-corrected chi connectivity index (χ3v) is 5.05. The molecule has 1 amide bonds. The molecule has 170 valence electrons. The minimum Gasteiger partial charge on any atom is -0.480 e. The van der Waals surface area contributed by atoms with Gasteiger partial charge in [0.1, 0.15) is 12.3 Å². The summed E-state index contributed by atoms with van der Waals surface area (Å²) in [5.74, 6) is -1.34. The van der Waals surface area contributed by atoms with Crippen LogP contribution >= 0.6 is 0 Å². The molecule has 0 aliphatic rings. The van der Waals surface area contributed by atoms with Gasteiger partial charge in [0, 0.05) is 6.42 Å². The molecule has 0 spiro atoms. The number of carbonyl (C=O) groups excluding carboxylic acids is 1. The average Bonchev–Trinajstić information content (AvgIpc) is 2.67. The van der Waals surface area contributed by atoms with Crippen molar-refractivity contribution in [3.63, 3.8) is 0 Å². The number of nitrogens with two attached hydrogens (primary N) is 1. The smallest absolute Gasteiger partial charge is 0.326 e. The predicted octanol–water partition coefficient (Wildman–Crippen LogP) is 4.65. The van der Waals surface area contributed by atoms with E-state index in [-0.39, 0.29) is 18.7 Å². The first-order valence-corrected chi connectivity index (χ1v) is 11.6. The van der Waals surface area contributed by atoms with Crippen molar-refractivity contribution in [2.24, 2.45) is 5.73 Å². The first kappa shape index (κ1) is 27.6. The van der Waals surface area contributed by atoms with Gasteiger partial charge >= 0.3 is 5.97 Å². The largest absolute Gasteiger partial charge is 0.480 e. The summed E-state index contributed by atoms with van der Waals surface area (Å²) in [5.41, 5.74) is 5.22. The molecule has 0 rings (SSSR count). The van der Waals surface area contributed by atoms with Gasteiger partial charge < -0.3 is 21.3 Å². The minimum atomic E-state index is -1.09. The number of aliphatic hydroxyl groups excluding tert-OH is 1. The Labute approximate surface area is 177 Å². The molecule has 0 fully saturated rings. The number of carboxylic acids is 1. The Balaban J connectivity index is 3.53. The lowest BCUT2D eigenvalue weighted by molar-refractivity contribution is -0.142. The van der Waals surface area contributed by atoms with Crippen LogP contribution in [-0.4, -0.2) is 34.4 Å². The van der Waals surface area contributed by atoms with Crippen LogP contribution in [0.2, 0.25) is 0 Å². The molecule has 29 heavy (non-hydrogen) atoms. The Morgan fingerprint density at radius 3 is 1.90 bits per heavy atom. The molecule has 0 bridgehead atoms. The Morgan fingerprint density at radius 1 is 0.862 bits per heavy atom. The Hall–Kier alpha value is -1.40. The summed E-state index contributed by atoms with van der Waals surface area (Å²) in [5, 5.41) is 20.6. The minimum absolute atomic E-state index is 0.130. The van der Waals surface area contributed by atoms with Crippen LogP contribution in [0.5, 0.6) is 0 Å². The van der Waals surface area contributed by atoms with Gasteiger partial charge in [-0.15, -0.1) is 0 Å². The van der Waals surface area contributed by atoms with E-state index in [0.29, 0.717) is 6.42 Å². The summed E-state index contributed by atoms with van der Waals surface area (Å²) in [4.78, 5) is 23.0. The molecule has 0 aromatic rings. The molecule has 0 aliphatic carbocycles. The monoisotopic (exact) mass is 412 g/mol. The first-order valence-electron chi connectivity index (χ1n) is 11.6. The maximum absolute atomic E-state index is 11.9. The van der Waals surface area contributed by atoms with E-state index in [1.54, 1.807) is 0 Å². The molecule has 0 radical (unpaired) electrons. The highest BCUT2D eigenvalue weighted by atomic mass is 16.4. The van der Waals surface area contributed by atoms with Crippen LogP contribution in [0.1, 0.15) is 110 Å². The number of hydrogen-bond acceptors (Lipinski definition) is 4. The number of aliphatic carboxylic acids is 1. The Morgan fingerprint density at radius 2 is 1.38 bits per heavy atom. The number of allylic oxidation sites excluding steroid dienone is 2. The van der Waals surface area contributed by atoms with Gasteiger partial charge in [0.25, 0.3) is 0 Å². The standard InChI is InChI=1S/C23H44N2O4/c1-2-3-4-5-6-7-8-9-10-11-12-13-14-15-16-17-22(27)25-20(23(28)29)18-19-21(24)26/h9-10,20-21,26H,2-8,11-19,24H2,1H3,(H,25,27)(H,28,29). The van der Waals surface area contributed by atoms with Gasteiger partial charge in [-0.2, -0.15) is 0 Å². The van der Waals surface area contributed by atoms with Crippen molar-refractivity contribution in [1.29, 1.82) is 0 Å². The number of amides is 1. The van der Waals surface area contributed by atoms with Gasteiger partial charge in [-0.3, -0.25) is 4.79 Å². The molecular weight excluding hydrogens is 368 g/mol. The second kappa shape index (κ2) is 19.9. The third-order valence-electron chi connectivity index (χ3n) is 5.05. The Bertz CT molecular complexity index is 439. The van der Waals surface area contributed by atoms with Crippen LogP contribution in [-0.2, 0) is 9.59 Å². The van der Waals surface area contributed by atoms with Gasteiger partial charge in [-0.1, -0.05) is 70.4 Å². The lowest BCUT2D eigenvalue weighted by atomic mass is 10.1. The summed E-state index contributed by atoms with van der Waals surface area (Å²) >= 11 is 0. The van der Waals surface area contributed by atoms with Crippen LogP contribution < -0.4 is 11.1 Å². The lowest BCUT2D eigenvalue weighted by Crippen LogP contribution is -2.41. The zero-order valence-electron chi connectivity index (χ0n) is 18.4. The maximum Gasteiger partial charge on any atom is 0.326 e. The molecule has 2 atom stereocenters. The highest BCUT2D eigenvalue weighted by Gasteiger charge is 2.20. The predicted molar refractivity (Wildman–Crippen MR) is 118 cm³/mol. The fourth-order valence-electron chi connectivity index (χ4n) is 3.22. The Kier molecular flexibility index (Phi) is 18.9. The van der Waals surface area contributed by atoms with E-state index in [9.17, 15) is 9.59 Å². The topological polar surface area (TPSA) is 113 Å². The molecule has 5 N–H and O–H groups in total. The molecule has 0 aliphatic heterocycles. The quantitative estimate of drug-likeness (QED) is 0.132. The summed E-state index contributed by atoms with van der Waals surface area (Å²) in [6.45, 7) is 2.25. The SMILES string of the molecule is CCCCCCCCC=CCCCCCCCC(=O)NC(CCC(N)O)C(=O)O. The molecule has 6 heteroatoms. The fourth-order valence-corrected chi connectivity index (χ4v) is 3.22. The van der Waals surface area contributed by atoms with Crippen molar-refractivity contribution in [3.8, 4) is 0 Å². The number of rotatable bonds is 20. The van der Waals surface area contributed by atoms with Crippen molar-refractivity contribution in [3.05, 3.63) is 12.2 Å². The number of hydrogen-bond donors (Lipinski definition) is 4. The van der Waals surface area contributed by atoms with Crippen LogP contribution in [0.15, 0.2) is 12.2 Å². The molecular formula is C23H44N2O4. The van der Waals surface area contributed by atoms with E-state index in [2.05, 4.69) is 24.4 Å². The fraction of sp³-hybridized carbons (Fsp3) is 0.826. The van der Waals surface area contributed by atoms with E-state index >= 15 is 0 Å². The second-order valence-corrected chi connectivity index (χ2v) is 7.94. The normalized spacial score (nSPS) is 13.5. The first-order chi connectivity index (χ1) is 14.0. The molecule has 0 aromatic carbocycles. The van der Waals surface area contributed by atoms with Crippen molar-refractivity contribution in [2.75, 3.05) is 0 Å². The van der Waals surface area contributed by atoms with E-state index in [0.717, 1.165) is 32.1 Å². The van der Waals surface area contributed by atoms with E-state index in [1.165, 1.54) is 51.4 Å². The highest BCUT2D eigenvalue weighted by molar-refractivity contribution is 5.83. The lowest BCUT2D eigenvalue weighted by Gasteiger charge is -2.15. The van der Waals surface area contributed by atoms with Crippen LogP contribution in [0, 0.1) is 0 Å². The van der Waals surface area contributed by atoms with Crippen molar-refractivity contribution in [2.45, 2.75) is 122 Å². The molecule has 0 saturated heterocycles. The van der Waals surface area contributed by atoms with E-state index < -0.39 is 18.2 Å². The molecule has 2 unspecified atom stereocenters. The van der Waals surface area contributed by atoms with Gasteiger partial charge in [0.05, 0.1) is 0 Å². The zero-order chi connectivity index (χ0) is 21.7. The van der Waals surface area contributed by atoms with Gasteiger partial charge in [0.15, 0.2) is 0 Å². The number of nitrogens with one attached hydrogen (secondary N) is 1. The summed E-state index contributed by atoms with van der Waals surface area (Å²) in [6.07, 6.45) is 19.7. The molecule has 6 nitrogen and oxygen atoms in total. The summed E-state index contributed by atoms with van der Waals surface area (Å²) in [7, 11) is 0. The van der Waals surface area contributed by atoms with Crippen LogP contribution in [0.3, 0.4) is 0 Å². The number of carboxylic acid groups (broad SMARTS) is 1.